The van der Waals surface area contributed by atoms with Crippen molar-refractivity contribution in [2.45, 2.75) is 18.9 Å². The van der Waals surface area contributed by atoms with E-state index in [0.717, 1.165) is 0 Å². The molecule has 0 saturated heterocycles. The van der Waals surface area contributed by atoms with Gasteiger partial charge in [-0.25, -0.2) is 4.39 Å². The lowest BCUT2D eigenvalue weighted by Crippen LogP contribution is -2.23. The van der Waals surface area contributed by atoms with Crippen LogP contribution < -0.4 is 0 Å². The minimum Gasteiger partial charge on any atom is -0.385 e. The number of halogens is 2. The number of aliphatic hydroxyl groups is 1. The van der Waals surface area contributed by atoms with E-state index >= 15 is 0 Å². The second-order valence-electron chi connectivity index (χ2n) is 3.24. The Balaban J connectivity index is 3.23. The first kappa shape index (κ1) is 11.1. The van der Waals surface area contributed by atoms with Crippen LogP contribution in [0.25, 0.3) is 0 Å². The van der Waals surface area contributed by atoms with E-state index in [1.165, 1.54) is 25.1 Å². The van der Waals surface area contributed by atoms with Gasteiger partial charge in [0.15, 0.2) is 0 Å². The van der Waals surface area contributed by atoms with Crippen molar-refractivity contribution in [2.24, 2.45) is 0 Å². The Morgan fingerprint density at radius 2 is 2.29 bits per heavy atom. The van der Waals surface area contributed by atoms with Crippen molar-refractivity contribution in [3.8, 4) is 0 Å². The van der Waals surface area contributed by atoms with E-state index in [9.17, 15) is 14.3 Å². The molecule has 0 amide bonds. The first-order valence-corrected chi connectivity index (χ1v) is 4.47. The van der Waals surface area contributed by atoms with Crippen LogP contribution in [0.3, 0.4) is 0 Å². The number of hydrogen-bond acceptors (Lipinski definition) is 2. The molecule has 0 aliphatic rings. The Morgan fingerprint density at radius 1 is 1.64 bits per heavy atom. The predicted octanol–water partition coefficient (Wildman–Crippen LogP) is 2.28. The molecular formula is C10H10ClFO2. The molecule has 4 heteroatoms. The highest BCUT2D eigenvalue weighted by Gasteiger charge is 2.28. The van der Waals surface area contributed by atoms with Crippen LogP contribution in [0, 0.1) is 5.82 Å². The molecule has 0 aliphatic heterocycles. The lowest BCUT2D eigenvalue weighted by Gasteiger charge is -2.22. The smallest absolute Gasteiger partial charge is 0.130 e. The minimum atomic E-state index is -1.55. The minimum absolute atomic E-state index is 0.0335. The topological polar surface area (TPSA) is 37.3 Å². The van der Waals surface area contributed by atoms with Gasteiger partial charge in [-0.15, -0.1) is 0 Å². The van der Waals surface area contributed by atoms with Crippen LogP contribution >= 0.6 is 11.6 Å². The van der Waals surface area contributed by atoms with Gasteiger partial charge in [0.1, 0.15) is 12.1 Å². The van der Waals surface area contributed by atoms with E-state index in [4.69, 9.17) is 11.6 Å². The van der Waals surface area contributed by atoms with E-state index in [2.05, 4.69) is 0 Å². The summed E-state index contributed by atoms with van der Waals surface area (Å²) in [4.78, 5) is 10.3. The van der Waals surface area contributed by atoms with Crippen molar-refractivity contribution < 1.29 is 14.3 Å². The Kier molecular flexibility index (Phi) is 3.24. The first-order chi connectivity index (χ1) is 6.49. The van der Waals surface area contributed by atoms with Crippen LogP contribution in [-0.2, 0) is 10.4 Å². The van der Waals surface area contributed by atoms with E-state index < -0.39 is 11.4 Å². The standard InChI is InChI=1S/C10H10ClFO2/c1-10(14,5-6-13)9-7(11)3-2-4-8(9)12/h2-4,6,14H,5H2,1H3. The molecule has 2 nitrogen and oxygen atoms in total. The summed E-state index contributed by atoms with van der Waals surface area (Å²) in [6.45, 7) is 1.35. The molecule has 0 radical (unpaired) electrons. The van der Waals surface area contributed by atoms with Gasteiger partial charge in [-0.3, -0.25) is 0 Å². The molecule has 1 aromatic rings. The summed E-state index contributed by atoms with van der Waals surface area (Å²) in [5, 5.41) is 9.91. The van der Waals surface area contributed by atoms with Crippen LogP contribution in [0.1, 0.15) is 18.9 Å². The lowest BCUT2D eigenvalue weighted by molar-refractivity contribution is -0.112. The Labute approximate surface area is 86.3 Å². The SMILES string of the molecule is CC(O)(CC=O)c1c(F)cccc1Cl. The molecule has 0 aromatic heterocycles. The Hall–Kier alpha value is -0.930. The van der Waals surface area contributed by atoms with Crippen molar-refractivity contribution in [3.63, 3.8) is 0 Å². The highest BCUT2D eigenvalue weighted by Crippen LogP contribution is 2.32. The molecule has 1 atom stereocenters. The summed E-state index contributed by atoms with van der Waals surface area (Å²) in [7, 11) is 0. The number of carbonyl (C=O) groups is 1. The van der Waals surface area contributed by atoms with Crippen LogP contribution in [0.5, 0.6) is 0 Å². The molecule has 0 heterocycles. The van der Waals surface area contributed by atoms with Gasteiger partial charge in [-0.1, -0.05) is 17.7 Å². The fraction of sp³-hybridized carbons (Fsp3) is 0.300. The number of hydrogen-bond donors (Lipinski definition) is 1. The molecule has 14 heavy (non-hydrogen) atoms. The number of aldehydes is 1. The van der Waals surface area contributed by atoms with Gasteiger partial charge in [0, 0.05) is 17.0 Å². The molecule has 1 N–H and O–H groups in total. The maximum Gasteiger partial charge on any atom is 0.130 e. The average molecular weight is 217 g/mol. The van der Waals surface area contributed by atoms with Gasteiger partial charge < -0.3 is 9.90 Å². The number of carbonyl (C=O) groups excluding carboxylic acids is 1. The lowest BCUT2D eigenvalue weighted by atomic mass is 9.92. The van der Waals surface area contributed by atoms with Crippen molar-refractivity contribution in [1.29, 1.82) is 0 Å². The van der Waals surface area contributed by atoms with E-state index in [1.54, 1.807) is 0 Å². The van der Waals surface area contributed by atoms with Gasteiger partial charge in [0.2, 0.25) is 0 Å². The predicted molar refractivity (Wildman–Crippen MR) is 51.7 cm³/mol. The molecule has 1 aromatic carbocycles. The third kappa shape index (κ3) is 2.11. The fourth-order valence-corrected chi connectivity index (χ4v) is 1.64. The molecule has 0 aliphatic carbocycles. The van der Waals surface area contributed by atoms with Gasteiger partial charge >= 0.3 is 0 Å². The molecule has 76 valence electrons. The Bertz CT molecular complexity index is 330. The zero-order chi connectivity index (χ0) is 10.8. The van der Waals surface area contributed by atoms with Crippen molar-refractivity contribution in [1.82, 2.24) is 0 Å². The molecular weight excluding hydrogens is 207 g/mol. The van der Waals surface area contributed by atoms with Crippen LogP contribution in [0.2, 0.25) is 5.02 Å². The summed E-state index contributed by atoms with van der Waals surface area (Å²) in [6, 6.07) is 4.11. The normalized spacial score (nSPS) is 14.9. The number of rotatable bonds is 3. The van der Waals surface area contributed by atoms with E-state index in [1.807, 2.05) is 0 Å². The first-order valence-electron chi connectivity index (χ1n) is 4.09. The fourth-order valence-electron chi connectivity index (χ4n) is 1.28. The van der Waals surface area contributed by atoms with Crippen molar-refractivity contribution in [2.75, 3.05) is 0 Å². The van der Waals surface area contributed by atoms with E-state index in [0.29, 0.717) is 6.29 Å². The molecule has 1 rings (SSSR count). The average Bonchev–Trinajstić information content (AvgIpc) is 2.02. The van der Waals surface area contributed by atoms with Crippen LogP contribution in [0.4, 0.5) is 4.39 Å². The Morgan fingerprint density at radius 3 is 2.79 bits per heavy atom. The van der Waals surface area contributed by atoms with Crippen molar-refractivity contribution >= 4 is 17.9 Å². The third-order valence-corrected chi connectivity index (χ3v) is 2.30. The molecule has 1 unspecified atom stereocenters. The summed E-state index contributed by atoms with van der Waals surface area (Å²) in [5.74, 6) is -0.607. The second kappa shape index (κ2) is 4.07. The van der Waals surface area contributed by atoms with Gasteiger partial charge in [-0.2, -0.15) is 0 Å². The summed E-state index contributed by atoms with van der Waals surface area (Å²) < 4.78 is 13.3. The zero-order valence-electron chi connectivity index (χ0n) is 7.63. The highest BCUT2D eigenvalue weighted by molar-refractivity contribution is 6.31. The molecule has 0 fully saturated rings. The maximum atomic E-state index is 13.3. The summed E-state index contributed by atoms with van der Waals surface area (Å²) in [6.07, 6.45) is 0.344. The quantitative estimate of drug-likeness (QED) is 0.788. The number of benzene rings is 1. The van der Waals surface area contributed by atoms with E-state index in [-0.39, 0.29) is 17.0 Å². The largest absolute Gasteiger partial charge is 0.385 e. The summed E-state index contributed by atoms with van der Waals surface area (Å²) in [5.41, 5.74) is -1.58. The molecule has 0 spiro atoms. The van der Waals surface area contributed by atoms with Gasteiger partial charge in [0.25, 0.3) is 0 Å². The van der Waals surface area contributed by atoms with Gasteiger partial charge in [0.05, 0.1) is 5.60 Å². The third-order valence-electron chi connectivity index (χ3n) is 1.98. The van der Waals surface area contributed by atoms with Crippen LogP contribution in [-0.4, -0.2) is 11.4 Å². The van der Waals surface area contributed by atoms with Crippen LogP contribution in [0.15, 0.2) is 18.2 Å². The molecule has 0 saturated carbocycles. The van der Waals surface area contributed by atoms with Crippen molar-refractivity contribution in [3.05, 3.63) is 34.6 Å². The zero-order valence-corrected chi connectivity index (χ0v) is 8.38. The summed E-state index contributed by atoms with van der Waals surface area (Å²) >= 11 is 5.73. The van der Waals surface area contributed by atoms with Gasteiger partial charge in [-0.05, 0) is 19.1 Å². The monoisotopic (exact) mass is 216 g/mol. The maximum absolute atomic E-state index is 13.3. The molecule has 0 bridgehead atoms. The second-order valence-corrected chi connectivity index (χ2v) is 3.65. The highest BCUT2D eigenvalue weighted by atomic mass is 35.5.